The molecule has 0 fully saturated rings. The van der Waals surface area contributed by atoms with E-state index in [2.05, 4.69) is 52.8 Å². The van der Waals surface area contributed by atoms with E-state index in [-0.39, 0.29) is 50.2 Å². The van der Waals surface area contributed by atoms with Gasteiger partial charge in [0.15, 0.2) is 0 Å². The lowest BCUT2D eigenvalue weighted by atomic mass is 10.0. The van der Waals surface area contributed by atoms with Gasteiger partial charge in [0.2, 0.25) is 70.9 Å². The number of primary amides is 3. The van der Waals surface area contributed by atoms with Crippen LogP contribution in [0.2, 0.25) is 0 Å². The van der Waals surface area contributed by atoms with Crippen molar-refractivity contribution in [1.29, 1.82) is 0 Å². The molecule has 4 aromatic carbocycles. The van der Waals surface area contributed by atoms with Crippen molar-refractivity contribution < 1.29 is 67.7 Å². The Morgan fingerprint density at radius 2 is 0.934 bits per heavy atom. The summed E-state index contributed by atoms with van der Waals surface area (Å²) in [5.41, 5.74) is 25.8. The van der Waals surface area contributed by atoms with Crippen molar-refractivity contribution in [3.63, 3.8) is 0 Å². The van der Waals surface area contributed by atoms with Crippen molar-refractivity contribution in [2.45, 2.75) is 139 Å². The van der Waals surface area contributed by atoms with Crippen molar-refractivity contribution in [3.8, 4) is 5.75 Å². The maximum Gasteiger partial charge on any atom is 0.245 e. The van der Waals surface area contributed by atoms with Crippen LogP contribution in [0.4, 0.5) is 0 Å². The number of hydrogen-bond donors (Lipinski definition) is 16. The zero-order chi connectivity index (χ0) is 66.7. The average molecular weight is 1260 g/mol. The van der Waals surface area contributed by atoms with E-state index in [4.69, 9.17) is 22.9 Å². The molecule has 5 rings (SSSR count). The number of amides is 12. The number of aliphatic hydroxyl groups is 1. The van der Waals surface area contributed by atoms with E-state index in [1.807, 2.05) is 6.92 Å². The molecule has 0 spiro atoms. The minimum atomic E-state index is -1.89. The molecule has 5 aromatic rings. The third kappa shape index (κ3) is 23.7. The predicted molar refractivity (Wildman–Crippen MR) is 333 cm³/mol. The summed E-state index contributed by atoms with van der Waals surface area (Å²) in [6, 6.07) is 16.6. The van der Waals surface area contributed by atoms with Gasteiger partial charge in [-0.05, 0) is 65.6 Å². The van der Waals surface area contributed by atoms with Gasteiger partial charge in [0, 0.05) is 36.4 Å². The fourth-order valence-electron chi connectivity index (χ4n) is 9.68. The number of hydrogen-bond acceptors (Lipinski definition) is 15. The lowest BCUT2D eigenvalue weighted by molar-refractivity contribution is -0.136. The number of aliphatic hydroxyl groups excluding tert-OH is 1. The summed E-state index contributed by atoms with van der Waals surface area (Å²) in [7, 11) is 0. The van der Waals surface area contributed by atoms with E-state index in [0.717, 1.165) is 5.56 Å². The molecule has 0 unspecified atom stereocenters. The van der Waals surface area contributed by atoms with Crippen molar-refractivity contribution in [1.82, 2.24) is 52.8 Å². The number of H-pyrrole nitrogens is 1. The minimum absolute atomic E-state index is 0.0306. The molecule has 1 aromatic heterocycles. The third-order valence-corrected chi connectivity index (χ3v) is 14.5. The number of aromatic hydroxyl groups is 1. The number of aromatic nitrogens is 1. The molecule has 0 radical (unpaired) electrons. The van der Waals surface area contributed by atoms with Crippen LogP contribution < -0.4 is 70.8 Å². The van der Waals surface area contributed by atoms with Crippen LogP contribution in [0, 0.1) is 5.92 Å². The molecular weight excluding hydrogens is 1180 g/mol. The van der Waals surface area contributed by atoms with Crippen LogP contribution in [0.5, 0.6) is 5.75 Å². The number of phenolic OH excluding ortho intramolecular Hbond substituents is 1. The number of fused-ring (bicyclic) bond motifs is 1. The maximum atomic E-state index is 14.4. The first kappa shape index (κ1) is 71.5. The molecule has 1 heterocycles. The second kappa shape index (κ2) is 35.7. The van der Waals surface area contributed by atoms with Gasteiger partial charge in [-0.1, -0.05) is 125 Å². The van der Waals surface area contributed by atoms with Gasteiger partial charge >= 0.3 is 0 Å². The molecule has 91 heavy (non-hydrogen) atoms. The Hall–Kier alpha value is -10.2. The highest BCUT2D eigenvalue weighted by molar-refractivity contribution is 6.00. The first-order valence-electron chi connectivity index (χ1n) is 29.7. The van der Waals surface area contributed by atoms with Crippen LogP contribution in [-0.2, 0) is 83.2 Å². The Morgan fingerprint density at radius 1 is 0.484 bits per heavy atom. The van der Waals surface area contributed by atoms with Crippen LogP contribution in [0.15, 0.2) is 115 Å². The maximum absolute atomic E-state index is 14.4. The number of benzene rings is 4. The standard InChI is InChI=1S/C63H82N14O14/c1-4-5-19-44(58(86)72-45(55(67)83)27-36-14-8-6-9-15-36)71-59(87)46(25-35(2)3)70-54(82)33-69-57(85)47(28-37-16-10-7-11-17-37)74-63(91)51(34-78)77-62(90)50(31-53(66)81)76-60(88)48(29-39-32-68-43-20-13-12-18-41(39)43)75-61(89)49(30-52(65)80)73-56(84)42(64)26-38-21-23-40(79)24-22-38/h6-18,20-24,32,35,42,44-51,68,78-79H,4-5,19,25-31,33-34,64H2,1-3H3,(H2,65,80)(H2,66,81)(H2,67,83)(H,69,85)(H,70,82)(H,71,87)(H,72,86)(H,73,84)(H,74,91)(H,75,89)(H,76,88)(H,77,90)/t42-,44-,45-,46-,47-,48-,49-,50-,51-/m0/s1. The quantitative estimate of drug-likeness (QED) is 0.0203. The molecule has 12 amide bonds. The van der Waals surface area contributed by atoms with Gasteiger partial charge in [0.1, 0.15) is 54.1 Å². The Balaban J connectivity index is 1.29. The van der Waals surface area contributed by atoms with Crippen molar-refractivity contribution in [3.05, 3.63) is 138 Å². The molecule has 9 atom stereocenters. The Morgan fingerprint density at radius 3 is 1.48 bits per heavy atom. The SMILES string of the molecule is CCCC[C@H](NC(=O)[C@H](CC(C)C)NC(=O)CNC(=O)[C@H](Cc1ccccc1)NC(=O)[C@H](CO)NC(=O)[C@H](CC(N)=O)NC(=O)[C@H](Cc1c[nH]c2ccccc12)NC(=O)[C@H](CC(N)=O)NC(=O)[C@@H](N)Cc1ccc(O)cc1)C(=O)N[C@@H](Cc1ccccc1)C(N)=O. The molecule has 0 bridgehead atoms. The number of nitrogens with one attached hydrogen (secondary N) is 10. The third-order valence-electron chi connectivity index (χ3n) is 14.5. The van der Waals surface area contributed by atoms with E-state index in [9.17, 15) is 67.7 Å². The van der Waals surface area contributed by atoms with E-state index in [0.29, 0.717) is 40.4 Å². The van der Waals surface area contributed by atoms with Gasteiger partial charge in [0.25, 0.3) is 0 Å². The van der Waals surface area contributed by atoms with Crippen LogP contribution >= 0.6 is 0 Å². The second-order valence-corrected chi connectivity index (χ2v) is 22.4. The molecule has 0 aliphatic carbocycles. The Bertz CT molecular complexity index is 3330. The lowest BCUT2D eigenvalue weighted by Crippen LogP contribution is -2.61. The van der Waals surface area contributed by atoms with E-state index in [1.54, 1.807) is 105 Å². The zero-order valence-electron chi connectivity index (χ0n) is 50.8. The summed E-state index contributed by atoms with van der Waals surface area (Å²) < 4.78 is 0. The smallest absolute Gasteiger partial charge is 0.245 e. The average Bonchev–Trinajstić information content (AvgIpc) is 2.08. The first-order valence-corrected chi connectivity index (χ1v) is 29.7. The molecule has 0 aliphatic rings. The monoisotopic (exact) mass is 1260 g/mol. The van der Waals surface area contributed by atoms with Crippen molar-refractivity contribution >= 4 is 81.8 Å². The summed E-state index contributed by atoms with van der Waals surface area (Å²) in [6.45, 7) is 3.65. The van der Waals surface area contributed by atoms with Crippen LogP contribution in [0.3, 0.4) is 0 Å². The summed E-state index contributed by atoms with van der Waals surface area (Å²) in [4.78, 5) is 166. The predicted octanol–water partition coefficient (Wildman–Crippen LogP) is -2.07. The van der Waals surface area contributed by atoms with Crippen LogP contribution in [0.25, 0.3) is 10.9 Å². The van der Waals surface area contributed by atoms with Gasteiger partial charge in [-0.15, -0.1) is 0 Å². The number of nitrogens with two attached hydrogens (primary N) is 4. The molecule has 0 saturated heterocycles. The molecule has 0 saturated carbocycles. The topological polar surface area (TPSA) is 473 Å². The fourth-order valence-corrected chi connectivity index (χ4v) is 9.68. The van der Waals surface area contributed by atoms with Gasteiger partial charge in [0.05, 0.1) is 32.0 Å². The van der Waals surface area contributed by atoms with Crippen molar-refractivity contribution in [2.75, 3.05) is 13.2 Å². The summed E-state index contributed by atoms with van der Waals surface area (Å²) in [5.74, 6) is -11.7. The van der Waals surface area contributed by atoms with Crippen LogP contribution in [0.1, 0.15) is 81.5 Å². The second-order valence-electron chi connectivity index (χ2n) is 22.4. The molecule has 488 valence electrons. The Kier molecular flexibility index (Phi) is 28.1. The van der Waals surface area contributed by atoms with Gasteiger partial charge < -0.3 is 86.0 Å². The number of aromatic amines is 1. The van der Waals surface area contributed by atoms with E-state index in [1.165, 1.54) is 24.3 Å². The number of carbonyl (C=O) groups is 12. The van der Waals surface area contributed by atoms with Gasteiger partial charge in [-0.25, -0.2) is 0 Å². The Labute approximate surface area is 525 Å². The number of carbonyl (C=O) groups excluding carboxylic acids is 12. The van der Waals surface area contributed by atoms with Crippen molar-refractivity contribution in [2.24, 2.45) is 28.9 Å². The highest BCUT2D eigenvalue weighted by Crippen LogP contribution is 2.20. The number of para-hydroxylation sites is 1. The van der Waals surface area contributed by atoms with E-state index < -0.39 is 151 Å². The molecular formula is C63H82N14O14. The minimum Gasteiger partial charge on any atom is -0.508 e. The molecule has 28 nitrogen and oxygen atoms in total. The number of rotatable bonds is 37. The highest BCUT2D eigenvalue weighted by Gasteiger charge is 2.36. The van der Waals surface area contributed by atoms with Gasteiger partial charge in [-0.3, -0.25) is 57.5 Å². The highest BCUT2D eigenvalue weighted by atomic mass is 16.3. The summed E-state index contributed by atoms with van der Waals surface area (Å²) >= 11 is 0. The lowest BCUT2D eigenvalue weighted by Gasteiger charge is -2.27. The van der Waals surface area contributed by atoms with Gasteiger partial charge in [-0.2, -0.15) is 0 Å². The largest absolute Gasteiger partial charge is 0.508 e. The molecule has 20 N–H and O–H groups in total. The molecule has 0 aliphatic heterocycles. The van der Waals surface area contributed by atoms with Crippen LogP contribution in [-0.4, -0.2) is 154 Å². The molecule has 28 heteroatoms. The summed E-state index contributed by atoms with van der Waals surface area (Å²) in [6.07, 6.45) is 0.903. The normalized spacial score (nSPS) is 14.0. The summed E-state index contributed by atoms with van der Waals surface area (Å²) in [5, 5.41) is 43.3. The number of phenols is 1. The zero-order valence-corrected chi connectivity index (χ0v) is 50.8. The van der Waals surface area contributed by atoms with E-state index >= 15 is 0 Å². The fraction of sp³-hybridized carbons (Fsp3) is 0.397. The first-order chi connectivity index (χ1) is 43.3. The number of unbranched alkanes of at least 4 members (excludes halogenated alkanes) is 1.